The van der Waals surface area contributed by atoms with Gasteiger partial charge in [-0.15, -0.1) is 0 Å². The zero-order valence-electron chi connectivity index (χ0n) is 9.10. The molecule has 84 valence electrons. The smallest absolute Gasteiger partial charge is 0.235 e. The van der Waals surface area contributed by atoms with Crippen LogP contribution in [0.2, 0.25) is 0 Å². The van der Waals surface area contributed by atoms with Crippen LogP contribution in [0.5, 0.6) is 0 Å². The fourth-order valence-electron chi connectivity index (χ4n) is 1.36. The number of hydrogen-bond donors (Lipinski definition) is 2. The molecule has 16 heavy (non-hydrogen) atoms. The Kier molecular flexibility index (Phi) is 4.30. The van der Waals surface area contributed by atoms with E-state index in [0.29, 0.717) is 18.5 Å². The van der Waals surface area contributed by atoms with Gasteiger partial charge in [0.15, 0.2) is 0 Å². The number of para-hydroxylation sites is 1. The van der Waals surface area contributed by atoms with Gasteiger partial charge in [0.1, 0.15) is 6.07 Å². The van der Waals surface area contributed by atoms with Crippen molar-refractivity contribution < 1.29 is 4.79 Å². The average molecular weight is 218 g/mol. The number of hydrazine groups is 1. The Morgan fingerprint density at radius 1 is 1.56 bits per heavy atom. The zero-order valence-corrected chi connectivity index (χ0v) is 9.10. The van der Waals surface area contributed by atoms with E-state index in [1.54, 1.807) is 6.07 Å². The summed E-state index contributed by atoms with van der Waals surface area (Å²) in [7, 11) is 1.83. The first-order chi connectivity index (χ1) is 7.69. The van der Waals surface area contributed by atoms with E-state index in [9.17, 15) is 4.79 Å². The van der Waals surface area contributed by atoms with Crippen LogP contribution in [0, 0.1) is 11.3 Å². The van der Waals surface area contributed by atoms with Gasteiger partial charge in [-0.1, -0.05) is 12.1 Å². The molecule has 1 aromatic rings. The molecule has 0 saturated heterocycles. The van der Waals surface area contributed by atoms with E-state index in [1.165, 1.54) is 0 Å². The fraction of sp³-hybridized carbons (Fsp3) is 0.273. The number of nitrogens with one attached hydrogen (secondary N) is 1. The van der Waals surface area contributed by atoms with Crippen molar-refractivity contribution in [2.45, 2.75) is 6.42 Å². The van der Waals surface area contributed by atoms with Crippen LogP contribution in [-0.2, 0) is 4.79 Å². The summed E-state index contributed by atoms with van der Waals surface area (Å²) in [5.74, 6) is 4.76. The van der Waals surface area contributed by atoms with Crippen LogP contribution in [0.15, 0.2) is 24.3 Å². The molecule has 5 nitrogen and oxygen atoms in total. The van der Waals surface area contributed by atoms with Crippen molar-refractivity contribution in [3.63, 3.8) is 0 Å². The molecule has 0 aliphatic carbocycles. The molecule has 0 atom stereocenters. The molecule has 0 fully saturated rings. The number of benzene rings is 1. The lowest BCUT2D eigenvalue weighted by Gasteiger charge is -2.19. The minimum absolute atomic E-state index is 0.221. The quantitative estimate of drug-likeness (QED) is 0.434. The number of nitrogens with two attached hydrogens (primary N) is 1. The first-order valence-electron chi connectivity index (χ1n) is 4.88. The number of nitriles is 1. The van der Waals surface area contributed by atoms with Crippen LogP contribution >= 0.6 is 0 Å². The van der Waals surface area contributed by atoms with Crippen LogP contribution < -0.4 is 16.2 Å². The number of amides is 1. The third kappa shape index (κ3) is 2.97. The Labute approximate surface area is 94.4 Å². The second kappa shape index (κ2) is 5.73. The highest BCUT2D eigenvalue weighted by Crippen LogP contribution is 2.17. The number of carbonyl (C=O) groups is 1. The minimum atomic E-state index is -0.221. The van der Waals surface area contributed by atoms with Gasteiger partial charge < -0.3 is 4.90 Å². The van der Waals surface area contributed by atoms with Gasteiger partial charge in [-0.2, -0.15) is 5.26 Å². The zero-order chi connectivity index (χ0) is 12.0. The van der Waals surface area contributed by atoms with Gasteiger partial charge in [-0.05, 0) is 12.1 Å². The van der Waals surface area contributed by atoms with E-state index in [0.717, 1.165) is 5.69 Å². The summed E-state index contributed by atoms with van der Waals surface area (Å²) in [6, 6.07) is 9.37. The number of nitrogens with zero attached hydrogens (tertiary/aromatic N) is 2. The molecular formula is C11H14N4O. The monoisotopic (exact) mass is 218 g/mol. The molecule has 0 bridgehead atoms. The van der Waals surface area contributed by atoms with Crippen LogP contribution in [0.3, 0.4) is 0 Å². The Morgan fingerprint density at radius 3 is 2.88 bits per heavy atom. The lowest BCUT2D eigenvalue weighted by Crippen LogP contribution is -2.33. The normalized spacial score (nSPS) is 9.31. The van der Waals surface area contributed by atoms with Crippen molar-refractivity contribution in [2.24, 2.45) is 5.84 Å². The van der Waals surface area contributed by atoms with Crippen LogP contribution in [0.4, 0.5) is 5.69 Å². The number of anilines is 1. The van der Waals surface area contributed by atoms with E-state index < -0.39 is 0 Å². The van der Waals surface area contributed by atoms with Crippen molar-refractivity contribution in [1.82, 2.24) is 5.43 Å². The van der Waals surface area contributed by atoms with Crippen LogP contribution in [-0.4, -0.2) is 19.5 Å². The summed E-state index contributed by atoms with van der Waals surface area (Å²) in [6.07, 6.45) is 0.298. The maximum Gasteiger partial charge on any atom is 0.235 e. The molecule has 0 aromatic heterocycles. The molecule has 1 amide bonds. The molecule has 1 aromatic carbocycles. The highest BCUT2D eigenvalue weighted by Gasteiger charge is 2.07. The average Bonchev–Trinajstić information content (AvgIpc) is 2.35. The fourth-order valence-corrected chi connectivity index (χ4v) is 1.36. The Hall–Kier alpha value is -2.06. The predicted molar refractivity (Wildman–Crippen MR) is 61.4 cm³/mol. The van der Waals surface area contributed by atoms with E-state index in [-0.39, 0.29) is 5.91 Å². The summed E-state index contributed by atoms with van der Waals surface area (Å²) in [5.41, 5.74) is 3.48. The molecule has 3 N–H and O–H groups in total. The lowest BCUT2D eigenvalue weighted by atomic mass is 10.2. The maximum atomic E-state index is 11.0. The third-order valence-electron chi connectivity index (χ3n) is 2.27. The molecule has 0 spiro atoms. The minimum Gasteiger partial charge on any atom is -0.373 e. The molecule has 5 heteroatoms. The topological polar surface area (TPSA) is 82.2 Å². The third-order valence-corrected chi connectivity index (χ3v) is 2.27. The molecule has 0 heterocycles. The van der Waals surface area contributed by atoms with Gasteiger partial charge in [-0.25, -0.2) is 5.84 Å². The van der Waals surface area contributed by atoms with Gasteiger partial charge >= 0.3 is 0 Å². The first-order valence-corrected chi connectivity index (χ1v) is 4.88. The van der Waals surface area contributed by atoms with E-state index >= 15 is 0 Å². The number of hydrogen-bond acceptors (Lipinski definition) is 4. The van der Waals surface area contributed by atoms with Gasteiger partial charge in [0.2, 0.25) is 5.91 Å². The molecule has 1 rings (SSSR count). The lowest BCUT2D eigenvalue weighted by molar-refractivity contribution is -0.120. The molecule has 0 unspecified atom stereocenters. The summed E-state index contributed by atoms with van der Waals surface area (Å²) >= 11 is 0. The predicted octanol–water partition coefficient (Wildman–Crippen LogP) is 0.374. The van der Waals surface area contributed by atoms with Crippen molar-refractivity contribution in [2.75, 3.05) is 18.5 Å². The standard InChI is InChI=1S/C11H14N4O/c1-15(7-6-11(16)14-13)10-5-3-2-4-9(10)8-12/h2-5H,6-7,13H2,1H3,(H,14,16). The Morgan fingerprint density at radius 2 is 2.25 bits per heavy atom. The maximum absolute atomic E-state index is 11.0. The largest absolute Gasteiger partial charge is 0.373 e. The summed E-state index contributed by atoms with van der Waals surface area (Å²) < 4.78 is 0. The van der Waals surface area contributed by atoms with E-state index in [1.807, 2.05) is 30.1 Å². The summed E-state index contributed by atoms with van der Waals surface area (Å²) in [6.45, 7) is 0.516. The molecule has 0 aliphatic heterocycles. The van der Waals surface area contributed by atoms with Crippen molar-refractivity contribution in [3.8, 4) is 6.07 Å². The van der Waals surface area contributed by atoms with Gasteiger partial charge in [0.25, 0.3) is 0 Å². The van der Waals surface area contributed by atoms with Crippen molar-refractivity contribution >= 4 is 11.6 Å². The molecule has 0 radical (unpaired) electrons. The summed E-state index contributed by atoms with van der Waals surface area (Å²) in [5, 5.41) is 8.91. The number of carbonyl (C=O) groups excluding carboxylic acids is 1. The van der Waals surface area contributed by atoms with Gasteiger partial charge in [0.05, 0.1) is 11.3 Å². The highest BCUT2D eigenvalue weighted by atomic mass is 16.2. The second-order valence-corrected chi connectivity index (χ2v) is 3.37. The van der Waals surface area contributed by atoms with Crippen molar-refractivity contribution in [3.05, 3.63) is 29.8 Å². The van der Waals surface area contributed by atoms with Crippen LogP contribution in [0.1, 0.15) is 12.0 Å². The van der Waals surface area contributed by atoms with Crippen molar-refractivity contribution in [1.29, 1.82) is 5.26 Å². The SMILES string of the molecule is CN(CCC(=O)NN)c1ccccc1C#N. The van der Waals surface area contributed by atoms with Gasteiger partial charge in [-0.3, -0.25) is 10.2 Å². The highest BCUT2D eigenvalue weighted by molar-refractivity contribution is 5.76. The first kappa shape index (κ1) is 12.0. The summed E-state index contributed by atoms with van der Waals surface area (Å²) in [4.78, 5) is 12.8. The number of rotatable bonds is 4. The van der Waals surface area contributed by atoms with E-state index in [2.05, 4.69) is 11.5 Å². The van der Waals surface area contributed by atoms with Crippen LogP contribution in [0.25, 0.3) is 0 Å². The van der Waals surface area contributed by atoms with E-state index in [4.69, 9.17) is 11.1 Å². The second-order valence-electron chi connectivity index (χ2n) is 3.37. The Balaban J connectivity index is 2.70. The Bertz CT molecular complexity index is 411. The molecular weight excluding hydrogens is 204 g/mol. The van der Waals surface area contributed by atoms with Gasteiger partial charge in [0, 0.05) is 20.0 Å². The molecule has 0 aliphatic rings. The molecule has 0 saturated carbocycles.